The zero-order chi connectivity index (χ0) is 14.7. The lowest BCUT2D eigenvalue weighted by atomic mass is 9.95. The van der Waals surface area contributed by atoms with Crippen LogP contribution in [0.3, 0.4) is 0 Å². The minimum atomic E-state index is -0.436. The summed E-state index contributed by atoms with van der Waals surface area (Å²) in [6.45, 7) is 9.89. The van der Waals surface area contributed by atoms with Crippen molar-refractivity contribution in [2.24, 2.45) is 0 Å². The van der Waals surface area contributed by atoms with E-state index in [1.54, 1.807) is 0 Å². The van der Waals surface area contributed by atoms with Gasteiger partial charge in [-0.2, -0.15) is 0 Å². The number of aliphatic hydroxyl groups excluding tert-OH is 1. The van der Waals surface area contributed by atoms with Crippen molar-refractivity contribution in [3.8, 4) is 0 Å². The fourth-order valence-electron chi connectivity index (χ4n) is 1.60. The van der Waals surface area contributed by atoms with E-state index >= 15 is 0 Å². The standard InChI is InChI=1S/C13H24N4O2/c1-6-13(5,7-8-18)15-10(19)9-14-11(17-16-9)12(2,3)4/h18H,6-8H2,1-5H3,(H,15,19)(H,14,16,17). The van der Waals surface area contributed by atoms with E-state index in [1.165, 1.54) is 0 Å². The first-order chi connectivity index (χ1) is 8.72. The molecular weight excluding hydrogens is 244 g/mol. The number of nitrogens with zero attached hydrogens (tertiary/aromatic N) is 2. The zero-order valence-electron chi connectivity index (χ0n) is 12.4. The monoisotopic (exact) mass is 268 g/mol. The van der Waals surface area contributed by atoms with E-state index in [0.29, 0.717) is 12.2 Å². The summed E-state index contributed by atoms with van der Waals surface area (Å²) in [5.41, 5.74) is -0.612. The molecule has 108 valence electrons. The zero-order valence-corrected chi connectivity index (χ0v) is 12.4. The van der Waals surface area contributed by atoms with Crippen LogP contribution in [0.25, 0.3) is 0 Å². The Hall–Kier alpha value is -1.43. The van der Waals surface area contributed by atoms with Gasteiger partial charge in [-0.05, 0) is 19.8 Å². The molecule has 0 aliphatic carbocycles. The number of aromatic amines is 1. The van der Waals surface area contributed by atoms with E-state index in [2.05, 4.69) is 20.5 Å². The molecular formula is C13H24N4O2. The number of aliphatic hydroxyl groups is 1. The normalized spacial score (nSPS) is 15.1. The second-order valence-corrected chi connectivity index (χ2v) is 6.10. The van der Waals surface area contributed by atoms with Crippen LogP contribution in [0.5, 0.6) is 0 Å². The van der Waals surface area contributed by atoms with Gasteiger partial charge in [-0.1, -0.05) is 27.7 Å². The third kappa shape index (κ3) is 4.02. The van der Waals surface area contributed by atoms with Crippen LogP contribution in [0.15, 0.2) is 0 Å². The Morgan fingerprint density at radius 1 is 1.37 bits per heavy atom. The number of nitrogens with one attached hydrogen (secondary N) is 2. The largest absolute Gasteiger partial charge is 0.396 e. The number of hydrogen-bond donors (Lipinski definition) is 3. The third-order valence-corrected chi connectivity index (χ3v) is 3.26. The Morgan fingerprint density at radius 3 is 2.42 bits per heavy atom. The molecule has 6 nitrogen and oxygen atoms in total. The molecule has 1 aromatic rings. The first-order valence-electron chi connectivity index (χ1n) is 6.58. The minimum absolute atomic E-state index is 0.0336. The number of hydrogen-bond acceptors (Lipinski definition) is 4. The summed E-state index contributed by atoms with van der Waals surface area (Å²) >= 11 is 0. The molecule has 1 rings (SSSR count). The molecule has 1 heterocycles. The average molecular weight is 268 g/mol. The predicted molar refractivity (Wildman–Crippen MR) is 72.9 cm³/mol. The van der Waals surface area contributed by atoms with E-state index in [4.69, 9.17) is 5.11 Å². The predicted octanol–water partition coefficient (Wildman–Crippen LogP) is 1.38. The van der Waals surface area contributed by atoms with Gasteiger partial charge in [0.1, 0.15) is 5.82 Å². The summed E-state index contributed by atoms with van der Waals surface area (Å²) in [6, 6.07) is 0. The molecule has 1 aromatic heterocycles. The van der Waals surface area contributed by atoms with Crippen LogP contribution < -0.4 is 5.32 Å². The van der Waals surface area contributed by atoms with E-state index in [-0.39, 0.29) is 23.8 Å². The Morgan fingerprint density at radius 2 is 2.00 bits per heavy atom. The maximum Gasteiger partial charge on any atom is 0.291 e. The minimum Gasteiger partial charge on any atom is -0.396 e. The van der Waals surface area contributed by atoms with Gasteiger partial charge in [-0.15, -0.1) is 5.10 Å². The van der Waals surface area contributed by atoms with Gasteiger partial charge >= 0.3 is 0 Å². The molecule has 0 radical (unpaired) electrons. The van der Waals surface area contributed by atoms with Crippen molar-refractivity contribution in [1.29, 1.82) is 0 Å². The summed E-state index contributed by atoms with van der Waals surface area (Å²) in [5, 5.41) is 18.7. The van der Waals surface area contributed by atoms with Crippen molar-refractivity contribution in [2.45, 2.75) is 58.4 Å². The van der Waals surface area contributed by atoms with E-state index in [1.807, 2.05) is 34.6 Å². The molecule has 1 amide bonds. The van der Waals surface area contributed by atoms with Crippen molar-refractivity contribution in [3.63, 3.8) is 0 Å². The van der Waals surface area contributed by atoms with Crippen molar-refractivity contribution >= 4 is 5.91 Å². The van der Waals surface area contributed by atoms with E-state index in [0.717, 1.165) is 6.42 Å². The number of H-pyrrole nitrogens is 1. The van der Waals surface area contributed by atoms with E-state index in [9.17, 15) is 4.79 Å². The van der Waals surface area contributed by atoms with Crippen LogP contribution in [0.4, 0.5) is 0 Å². The molecule has 0 spiro atoms. The van der Waals surface area contributed by atoms with Gasteiger partial charge in [-0.25, -0.2) is 4.98 Å². The van der Waals surface area contributed by atoms with Crippen LogP contribution in [0.1, 0.15) is 63.9 Å². The molecule has 3 N–H and O–H groups in total. The maximum atomic E-state index is 12.1. The smallest absolute Gasteiger partial charge is 0.291 e. The van der Waals surface area contributed by atoms with Gasteiger partial charge in [0.2, 0.25) is 5.82 Å². The Balaban J connectivity index is 2.81. The van der Waals surface area contributed by atoms with Gasteiger partial charge in [0, 0.05) is 17.6 Å². The van der Waals surface area contributed by atoms with Crippen molar-refractivity contribution in [1.82, 2.24) is 20.5 Å². The van der Waals surface area contributed by atoms with E-state index < -0.39 is 5.54 Å². The van der Waals surface area contributed by atoms with Gasteiger partial charge in [0.15, 0.2) is 0 Å². The number of rotatable bonds is 5. The Kier molecular flexibility index (Phi) is 4.68. The van der Waals surface area contributed by atoms with Crippen LogP contribution in [-0.4, -0.2) is 38.3 Å². The van der Waals surface area contributed by atoms with Gasteiger partial charge < -0.3 is 10.4 Å². The lowest BCUT2D eigenvalue weighted by molar-refractivity contribution is 0.0875. The molecule has 0 aromatic carbocycles. The number of amides is 1. The molecule has 1 atom stereocenters. The van der Waals surface area contributed by atoms with Gasteiger partial charge in [0.05, 0.1) is 0 Å². The molecule has 0 saturated carbocycles. The quantitative estimate of drug-likeness (QED) is 0.752. The molecule has 0 aliphatic heterocycles. The fourth-order valence-corrected chi connectivity index (χ4v) is 1.60. The molecule has 1 unspecified atom stereocenters. The van der Waals surface area contributed by atoms with Gasteiger partial charge in [-0.3, -0.25) is 9.89 Å². The first-order valence-corrected chi connectivity index (χ1v) is 6.58. The van der Waals surface area contributed by atoms with Crippen LogP contribution in [0, 0.1) is 0 Å². The topological polar surface area (TPSA) is 90.9 Å². The maximum absolute atomic E-state index is 12.1. The van der Waals surface area contributed by atoms with Crippen molar-refractivity contribution in [2.75, 3.05) is 6.61 Å². The van der Waals surface area contributed by atoms with Crippen LogP contribution >= 0.6 is 0 Å². The summed E-state index contributed by atoms with van der Waals surface area (Å²) in [5.74, 6) is 0.505. The molecule has 0 saturated heterocycles. The highest BCUT2D eigenvalue weighted by atomic mass is 16.3. The van der Waals surface area contributed by atoms with Gasteiger partial charge in [0.25, 0.3) is 5.91 Å². The number of carbonyl (C=O) groups is 1. The molecule has 0 aliphatic rings. The molecule has 0 fully saturated rings. The van der Waals surface area contributed by atoms with Crippen molar-refractivity contribution < 1.29 is 9.90 Å². The van der Waals surface area contributed by atoms with Crippen molar-refractivity contribution in [3.05, 3.63) is 11.6 Å². The second-order valence-electron chi connectivity index (χ2n) is 6.10. The summed E-state index contributed by atoms with van der Waals surface area (Å²) in [6.07, 6.45) is 1.24. The van der Waals surface area contributed by atoms with Crippen LogP contribution in [0.2, 0.25) is 0 Å². The fraction of sp³-hybridized carbons (Fsp3) is 0.769. The highest BCUT2D eigenvalue weighted by Gasteiger charge is 2.27. The number of aromatic nitrogens is 3. The third-order valence-electron chi connectivity index (χ3n) is 3.26. The number of carbonyl (C=O) groups excluding carboxylic acids is 1. The summed E-state index contributed by atoms with van der Waals surface area (Å²) in [4.78, 5) is 16.3. The molecule has 6 heteroatoms. The first kappa shape index (κ1) is 15.6. The average Bonchev–Trinajstić information content (AvgIpc) is 2.78. The lowest BCUT2D eigenvalue weighted by Crippen LogP contribution is -2.46. The summed E-state index contributed by atoms with van der Waals surface area (Å²) < 4.78 is 0. The Labute approximate surface area is 114 Å². The Bertz CT molecular complexity index is 436. The lowest BCUT2D eigenvalue weighted by Gasteiger charge is -2.28. The highest BCUT2D eigenvalue weighted by Crippen LogP contribution is 2.18. The molecule has 19 heavy (non-hydrogen) atoms. The molecule has 0 bridgehead atoms. The van der Waals surface area contributed by atoms with Crippen LogP contribution in [-0.2, 0) is 5.41 Å². The highest BCUT2D eigenvalue weighted by molar-refractivity contribution is 5.90. The summed E-state index contributed by atoms with van der Waals surface area (Å²) in [7, 11) is 0. The second kappa shape index (κ2) is 5.69. The SMILES string of the molecule is CCC(C)(CCO)NC(=O)c1n[nH]c(C(C)(C)C)n1.